The molecule has 0 amide bonds. The maximum absolute atomic E-state index is 10.9. The van der Waals surface area contributed by atoms with E-state index in [1.165, 1.54) is 4.57 Å². The second-order valence-corrected chi connectivity index (χ2v) is 4.87. The molecule has 0 saturated carbocycles. The Kier molecular flexibility index (Phi) is 5.07. The number of hydrogen-bond donors (Lipinski definition) is 0. The van der Waals surface area contributed by atoms with Crippen LogP contribution in [0.2, 0.25) is 0 Å². The third-order valence-corrected chi connectivity index (χ3v) is 3.33. The van der Waals surface area contributed by atoms with Crippen molar-refractivity contribution in [3.8, 4) is 0 Å². The van der Waals surface area contributed by atoms with Crippen LogP contribution < -0.4 is 34.5 Å². The minimum absolute atomic E-state index is 0. The first-order valence-electron chi connectivity index (χ1n) is 4.69. The molecule has 1 aromatic rings. The quantitative estimate of drug-likeness (QED) is 0.251. The van der Waals surface area contributed by atoms with E-state index in [-0.39, 0.29) is 48.5 Å². The number of aromatic nitrogens is 2. The molecule has 1 aromatic heterocycles. The maximum Gasteiger partial charge on any atom is 1.00 e. The Morgan fingerprint density at radius 1 is 1.72 bits per heavy atom. The number of aryl methyl sites for hydroxylation is 1. The molecule has 1 fully saturated rings. The summed E-state index contributed by atoms with van der Waals surface area (Å²) in [7, 11) is -4.23. The van der Waals surface area contributed by atoms with Gasteiger partial charge in [0, 0.05) is 6.92 Å². The molecule has 2 heterocycles. The van der Waals surface area contributed by atoms with Gasteiger partial charge in [-0.2, -0.15) is 0 Å². The molecule has 18 heavy (non-hydrogen) atoms. The molecule has 2 atom stereocenters. The van der Waals surface area contributed by atoms with Gasteiger partial charge in [0.2, 0.25) is 0 Å². The first-order valence-corrected chi connectivity index (χ1v) is 6.15. The van der Waals surface area contributed by atoms with Crippen molar-refractivity contribution in [3.05, 3.63) is 22.1 Å². The molecule has 2 rings (SSSR count). The monoisotopic (exact) mass is 285 g/mol. The van der Waals surface area contributed by atoms with Gasteiger partial charge < -0.3 is 24.1 Å². The molecule has 1 aliphatic rings. The van der Waals surface area contributed by atoms with Crippen molar-refractivity contribution in [1.29, 1.82) is 0 Å². The van der Waals surface area contributed by atoms with E-state index in [4.69, 9.17) is 0 Å². The van der Waals surface area contributed by atoms with Crippen molar-refractivity contribution in [3.63, 3.8) is 0 Å². The Bertz CT molecular complexity index is 505. The van der Waals surface area contributed by atoms with Gasteiger partial charge in [0.15, 0.2) is 5.82 Å². The fourth-order valence-corrected chi connectivity index (χ4v) is 2.44. The Balaban J connectivity index is 0.00000162. The molecule has 94 valence electrons. The SMILES string of the molecule is Cc1ncc([N+](=O)[O-])n1C[C@H]1COP(=O)([O-])O1.[Na+]. The van der Waals surface area contributed by atoms with Crippen LogP contribution in [-0.2, 0) is 20.2 Å². The summed E-state index contributed by atoms with van der Waals surface area (Å²) >= 11 is 0. The Morgan fingerprint density at radius 3 is 2.89 bits per heavy atom. The number of nitro groups is 1. The summed E-state index contributed by atoms with van der Waals surface area (Å²) in [5, 5.41) is 10.7. The average Bonchev–Trinajstić information content (AvgIpc) is 2.72. The van der Waals surface area contributed by atoms with Crippen molar-refractivity contribution in [1.82, 2.24) is 9.55 Å². The molecule has 0 aliphatic carbocycles. The van der Waals surface area contributed by atoms with Crippen molar-refractivity contribution in [2.75, 3.05) is 6.61 Å². The van der Waals surface area contributed by atoms with E-state index in [1.54, 1.807) is 6.92 Å². The molecule has 11 heteroatoms. The number of imidazole rings is 1. The number of rotatable bonds is 3. The second kappa shape index (κ2) is 5.79. The van der Waals surface area contributed by atoms with Crippen LogP contribution in [0.5, 0.6) is 0 Å². The normalized spacial score (nSPS) is 26.9. The Labute approximate surface area is 124 Å². The number of phosphoric ester groups is 1. The first-order chi connectivity index (χ1) is 7.89. The van der Waals surface area contributed by atoms with Gasteiger partial charge in [-0.3, -0.25) is 4.57 Å². The number of phosphoric acid groups is 1. The van der Waals surface area contributed by atoms with Crippen LogP contribution in [0.4, 0.5) is 5.82 Å². The van der Waals surface area contributed by atoms with Gasteiger partial charge >= 0.3 is 35.4 Å². The summed E-state index contributed by atoms with van der Waals surface area (Å²) in [6, 6.07) is 0. The van der Waals surface area contributed by atoms with Crippen LogP contribution in [0, 0.1) is 17.0 Å². The van der Waals surface area contributed by atoms with Gasteiger partial charge in [-0.15, -0.1) is 0 Å². The molecule has 0 aromatic carbocycles. The van der Waals surface area contributed by atoms with E-state index in [9.17, 15) is 19.6 Å². The third-order valence-electron chi connectivity index (χ3n) is 2.30. The van der Waals surface area contributed by atoms with Crippen LogP contribution in [0.3, 0.4) is 0 Å². The smallest absolute Gasteiger partial charge is 0.756 e. The largest absolute Gasteiger partial charge is 1.00 e. The van der Waals surface area contributed by atoms with Gasteiger partial charge in [-0.25, -0.2) is 9.55 Å². The Hall–Kier alpha value is -0.280. The molecule has 1 unspecified atom stereocenters. The van der Waals surface area contributed by atoms with Crippen LogP contribution in [0.15, 0.2) is 6.20 Å². The van der Waals surface area contributed by atoms with Crippen molar-refractivity contribution < 1.29 is 53.0 Å². The zero-order valence-corrected chi connectivity index (χ0v) is 12.7. The zero-order chi connectivity index (χ0) is 12.6. The summed E-state index contributed by atoms with van der Waals surface area (Å²) in [5.41, 5.74) is 0. The molecule has 0 radical (unpaired) electrons. The van der Waals surface area contributed by atoms with Crippen LogP contribution in [-0.4, -0.2) is 27.2 Å². The van der Waals surface area contributed by atoms with Crippen molar-refractivity contribution in [2.45, 2.75) is 19.6 Å². The van der Waals surface area contributed by atoms with E-state index < -0.39 is 18.8 Å². The van der Waals surface area contributed by atoms with Crippen molar-refractivity contribution >= 4 is 13.6 Å². The third kappa shape index (κ3) is 3.39. The summed E-state index contributed by atoms with van der Waals surface area (Å²) in [4.78, 5) is 24.8. The summed E-state index contributed by atoms with van der Waals surface area (Å²) in [5.74, 6) is 0.201. The standard InChI is InChI=1S/C7H10N3O6P.Na/c1-5-8-2-7(10(11)12)9(5)3-6-4-15-17(13,14)16-6;/h2,6H,3-4H2,1H3,(H,13,14);/q;+1/p-1/t6-;/m0./s1. The summed E-state index contributed by atoms with van der Waals surface area (Å²) in [6.07, 6.45) is 0.354. The molecule has 0 spiro atoms. The van der Waals surface area contributed by atoms with Crippen LogP contribution in [0.1, 0.15) is 5.82 Å². The van der Waals surface area contributed by atoms with Gasteiger partial charge in [0.1, 0.15) is 18.8 Å². The van der Waals surface area contributed by atoms with Gasteiger partial charge in [-0.05, 0) is 4.92 Å². The number of nitrogens with zero attached hydrogens (tertiary/aromatic N) is 3. The minimum Gasteiger partial charge on any atom is -0.756 e. The Morgan fingerprint density at radius 2 is 2.39 bits per heavy atom. The molecule has 1 aliphatic heterocycles. The molecule has 9 nitrogen and oxygen atoms in total. The van der Waals surface area contributed by atoms with Crippen molar-refractivity contribution in [2.24, 2.45) is 0 Å². The second-order valence-electron chi connectivity index (χ2n) is 3.50. The topological polar surface area (TPSA) is 120 Å². The van der Waals surface area contributed by atoms with Crippen LogP contribution >= 0.6 is 7.82 Å². The molecule has 0 bridgehead atoms. The predicted octanol–water partition coefficient (Wildman–Crippen LogP) is -3.01. The van der Waals surface area contributed by atoms with Gasteiger partial charge in [0.05, 0.1) is 6.61 Å². The average molecular weight is 285 g/mol. The predicted molar refractivity (Wildman–Crippen MR) is 52.0 cm³/mol. The maximum atomic E-state index is 10.9. The summed E-state index contributed by atoms with van der Waals surface area (Å²) < 4.78 is 21.2. The number of hydrogen-bond acceptors (Lipinski definition) is 7. The van der Waals surface area contributed by atoms with E-state index >= 15 is 0 Å². The molecule has 1 saturated heterocycles. The fraction of sp³-hybridized carbons (Fsp3) is 0.571. The van der Waals surface area contributed by atoms with E-state index in [2.05, 4.69) is 14.0 Å². The minimum atomic E-state index is -4.23. The first kappa shape index (κ1) is 15.8. The van der Waals surface area contributed by atoms with E-state index in [0.29, 0.717) is 5.82 Å². The molecular weight excluding hydrogens is 276 g/mol. The van der Waals surface area contributed by atoms with E-state index in [0.717, 1.165) is 6.20 Å². The molecule has 0 N–H and O–H groups in total. The van der Waals surface area contributed by atoms with E-state index in [1.807, 2.05) is 0 Å². The van der Waals surface area contributed by atoms with Gasteiger partial charge in [0.25, 0.3) is 7.82 Å². The molecular formula is C7H9N3NaO6P. The summed E-state index contributed by atoms with van der Waals surface area (Å²) in [6.45, 7) is 1.45. The fourth-order valence-electron chi connectivity index (χ4n) is 1.54. The van der Waals surface area contributed by atoms with Gasteiger partial charge in [-0.1, -0.05) is 0 Å². The zero-order valence-electron chi connectivity index (χ0n) is 9.81. The van der Waals surface area contributed by atoms with Crippen LogP contribution in [0.25, 0.3) is 0 Å².